The van der Waals surface area contributed by atoms with Gasteiger partial charge in [-0.05, 0) is 49.1 Å². The minimum Gasteiger partial charge on any atom is -0.318 e. The Morgan fingerprint density at radius 3 is 2.16 bits per heavy atom. The predicted molar refractivity (Wildman–Crippen MR) is 78.4 cm³/mol. The molecular formula is C17H19NO. The van der Waals surface area contributed by atoms with E-state index in [-0.39, 0.29) is 5.78 Å². The number of hydrogen-bond acceptors (Lipinski definition) is 2. The summed E-state index contributed by atoms with van der Waals surface area (Å²) in [4.78, 5) is 12.5. The Morgan fingerprint density at radius 2 is 1.53 bits per heavy atom. The van der Waals surface area contributed by atoms with Gasteiger partial charge in [-0.1, -0.05) is 36.4 Å². The molecule has 0 fully saturated rings. The van der Waals surface area contributed by atoms with Crippen LogP contribution in [0.2, 0.25) is 0 Å². The molecule has 1 unspecified atom stereocenters. The molecule has 2 nitrogen and oxygen atoms in total. The number of benzene rings is 2. The van der Waals surface area contributed by atoms with Gasteiger partial charge in [-0.15, -0.1) is 0 Å². The Morgan fingerprint density at radius 1 is 0.947 bits per heavy atom. The summed E-state index contributed by atoms with van der Waals surface area (Å²) in [5.41, 5.74) is 11.0. The summed E-state index contributed by atoms with van der Waals surface area (Å²) in [6.45, 7) is 6.02. The van der Waals surface area contributed by atoms with Crippen molar-refractivity contribution in [3.8, 4) is 0 Å². The van der Waals surface area contributed by atoms with Crippen molar-refractivity contribution in [2.45, 2.75) is 26.8 Å². The fraction of sp³-hybridized carbons (Fsp3) is 0.235. The highest BCUT2D eigenvalue weighted by Gasteiger charge is 2.19. The molecule has 0 aliphatic carbocycles. The van der Waals surface area contributed by atoms with Gasteiger partial charge < -0.3 is 5.73 Å². The van der Waals surface area contributed by atoms with Crippen molar-refractivity contribution in [2.75, 3.05) is 0 Å². The number of aryl methyl sites for hydroxylation is 3. The Hall–Kier alpha value is -1.93. The quantitative estimate of drug-likeness (QED) is 0.851. The van der Waals surface area contributed by atoms with Crippen molar-refractivity contribution < 1.29 is 4.79 Å². The molecule has 98 valence electrons. The molecule has 0 aromatic heterocycles. The van der Waals surface area contributed by atoms with Crippen LogP contribution in [0.4, 0.5) is 0 Å². The van der Waals surface area contributed by atoms with E-state index in [9.17, 15) is 4.79 Å². The third-order valence-corrected chi connectivity index (χ3v) is 3.55. The van der Waals surface area contributed by atoms with Crippen molar-refractivity contribution >= 4 is 5.78 Å². The van der Waals surface area contributed by atoms with Gasteiger partial charge in [-0.2, -0.15) is 0 Å². The van der Waals surface area contributed by atoms with Crippen LogP contribution in [-0.2, 0) is 0 Å². The second kappa shape index (κ2) is 5.37. The van der Waals surface area contributed by atoms with Crippen molar-refractivity contribution in [1.29, 1.82) is 0 Å². The second-order valence-electron chi connectivity index (χ2n) is 5.00. The highest BCUT2D eigenvalue weighted by Crippen LogP contribution is 2.21. The minimum atomic E-state index is -0.595. The molecule has 2 N–H and O–H groups in total. The van der Waals surface area contributed by atoms with E-state index in [4.69, 9.17) is 5.73 Å². The molecule has 0 aliphatic rings. The van der Waals surface area contributed by atoms with E-state index in [1.807, 2.05) is 63.2 Å². The number of carbonyl (C=O) groups excluding carboxylic acids is 1. The lowest BCUT2D eigenvalue weighted by Crippen LogP contribution is -2.22. The fourth-order valence-electron chi connectivity index (χ4n) is 2.21. The maximum absolute atomic E-state index is 12.5. The standard InChI is InChI=1S/C17H19NO/c1-11-9-13(3)15(10-12(11)2)17(19)16(18)14-7-5-4-6-8-14/h4-10,16H,18H2,1-3H3. The van der Waals surface area contributed by atoms with Crippen LogP contribution in [0.1, 0.15) is 38.7 Å². The number of carbonyl (C=O) groups is 1. The molecule has 0 aliphatic heterocycles. The van der Waals surface area contributed by atoms with E-state index in [2.05, 4.69) is 0 Å². The van der Waals surface area contributed by atoms with Gasteiger partial charge in [0, 0.05) is 5.56 Å². The molecule has 2 aromatic rings. The normalized spacial score (nSPS) is 12.2. The predicted octanol–water partition coefficient (Wildman–Crippen LogP) is 3.49. The summed E-state index contributed by atoms with van der Waals surface area (Å²) in [7, 11) is 0. The maximum atomic E-state index is 12.5. The molecule has 0 saturated heterocycles. The average Bonchev–Trinajstić information content (AvgIpc) is 2.42. The molecule has 2 rings (SSSR count). The Balaban J connectivity index is 2.37. The second-order valence-corrected chi connectivity index (χ2v) is 5.00. The zero-order chi connectivity index (χ0) is 14.0. The van der Waals surface area contributed by atoms with Crippen LogP contribution in [0.15, 0.2) is 42.5 Å². The molecule has 0 spiro atoms. The topological polar surface area (TPSA) is 43.1 Å². The molecule has 0 heterocycles. The van der Waals surface area contributed by atoms with Crippen LogP contribution >= 0.6 is 0 Å². The van der Waals surface area contributed by atoms with Crippen molar-refractivity contribution in [3.63, 3.8) is 0 Å². The van der Waals surface area contributed by atoms with Crippen LogP contribution in [0, 0.1) is 20.8 Å². The number of rotatable bonds is 3. The smallest absolute Gasteiger partial charge is 0.184 e. The van der Waals surface area contributed by atoms with Gasteiger partial charge in [0.15, 0.2) is 5.78 Å². The van der Waals surface area contributed by atoms with E-state index >= 15 is 0 Å². The Bertz CT molecular complexity index is 602. The van der Waals surface area contributed by atoms with Crippen molar-refractivity contribution in [3.05, 3.63) is 70.3 Å². The van der Waals surface area contributed by atoms with E-state index in [1.165, 1.54) is 5.56 Å². The molecule has 0 amide bonds. The Kier molecular flexibility index (Phi) is 3.82. The molecule has 0 radical (unpaired) electrons. The van der Waals surface area contributed by atoms with Crippen LogP contribution in [0.3, 0.4) is 0 Å². The summed E-state index contributed by atoms with van der Waals surface area (Å²) >= 11 is 0. The van der Waals surface area contributed by atoms with Gasteiger partial charge in [-0.3, -0.25) is 4.79 Å². The first-order valence-corrected chi connectivity index (χ1v) is 6.43. The molecule has 19 heavy (non-hydrogen) atoms. The Labute approximate surface area is 114 Å². The largest absolute Gasteiger partial charge is 0.318 e. The van der Waals surface area contributed by atoms with Crippen LogP contribution in [-0.4, -0.2) is 5.78 Å². The summed E-state index contributed by atoms with van der Waals surface area (Å²) in [6, 6.07) is 12.9. The fourth-order valence-corrected chi connectivity index (χ4v) is 2.21. The van der Waals surface area contributed by atoms with Gasteiger partial charge in [-0.25, -0.2) is 0 Å². The van der Waals surface area contributed by atoms with Gasteiger partial charge >= 0.3 is 0 Å². The van der Waals surface area contributed by atoms with E-state index < -0.39 is 6.04 Å². The van der Waals surface area contributed by atoms with E-state index in [1.54, 1.807) is 0 Å². The average molecular weight is 253 g/mol. The number of Topliss-reactive ketones (excluding diaryl/α,β-unsaturated/α-hetero) is 1. The van der Waals surface area contributed by atoms with Crippen molar-refractivity contribution in [1.82, 2.24) is 0 Å². The maximum Gasteiger partial charge on any atom is 0.184 e. The lowest BCUT2D eigenvalue weighted by Gasteiger charge is -2.14. The summed E-state index contributed by atoms with van der Waals surface area (Å²) in [5.74, 6) is -0.0215. The highest BCUT2D eigenvalue weighted by molar-refractivity contribution is 6.01. The third-order valence-electron chi connectivity index (χ3n) is 3.55. The number of hydrogen-bond donors (Lipinski definition) is 1. The van der Waals surface area contributed by atoms with Crippen LogP contribution < -0.4 is 5.73 Å². The monoisotopic (exact) mass is 253 g/mol. The van der Waals surface area contributed by atoms with Crippen LogP contribution in [0.5, 0.6) is 0 Å². The van der Waals surface area contributed by atoms with E-state index in [0.29, 0.717) is 0 Å². The molecule has 0 bridgehead atoms. The van der Waals surface area contributed by atoms with E-state index in [0.717, 1.165) is 22.3 Å². The molecule has 2 heteroatoms. The molecule has 2 aromatic carbocycles. The van der Waals surface area contributed by atoms with Crippen LogP contribution in [0.25, 0.3) is 0 Å². The molecule has 1 atom stereocenters. The first-order valence-electron chi connectivity index (χ1n) is 6.43. The summed E-state index contributed by atoms with van der Waals surface area (Å²) < 4.78 is 0. The van der Waals surface area contributed by atoms with Crippen molar-refractivity contribution in [2.24, 2.45) is 5.73 Å². The first kappa shape index (κ1) is 13.5. The number of nitrogens with two attached hydrogens (primary N) is 1. The lowest BCUT2D eigenvalue weighted by molar-refractivity contribution is 0.0960. The van der Waals surface area contributed by atoms with Gasteiger partial charge in [0.2, 0.25) is 0 Å². The SMILES string of the molecule is Cc1cc(C)c(C(=O)C(N)c2ccccc2)cc1C. The first-order chi connectivity index (χ1) is 9.00. The van der Waals surface area contributed by atoms with Gasteiger partial charge in [0.1, 0.15) is 0 Å². The minimum absolute atomic E-state index is 0.0215. The molecular weight excluding hydrogens is 234 g/mol. The summed E-state index contributed by atoms with van der Waals surface area (Å²) in [6.07, 6.45) is 0. The zero-order valence-electron chi connectivity index (χ0n) is 11.6. The van der Waals surface area contributed by atoms with Gasteiger partial charge in [0.25, 0.3) is 0 Å². The lowest BCUT2D eigenvalue weighted by atomic mass is 9.92. The highest BCUT2D eigenvalue weighted by atomic mass is 16.1. The number of ketones is 1. The summed E-state index contributed by atoms with van der Waals surface area (Å²) in [5, 5.41) is 0. The molecule has 0 saturated carbocycles. The zero-order valence-corrected chi connectivity index (χ0v) is 11.6. The third kappa shape index (κ3) is 2.74. The van der Waals surface area contributed by atoms with Gasteiger partial charge in [0.05, 0.1) is 6.04 Å².